The van der Waals surface area contributed by atoms with Gasteiger partial charge in [0.15, 0.2) is 5.78 Å². The number of hydrogen-bond acceptors (Lipinski definition) is 6. The first-order chi connectivity index (χ1) is 16.9. The van der Waals surface area contributed by atoms with E-state index in [-0.39, 0.29) is 11.8 Å². The van der Waals surface area contributed by atoms with Crippen molar-refractivity contribution in [3.63, 3.8) is 0 Å². The highest BCUT2D eigenvalue weighted by Gasteiger charge is 2.45. The number of amides is 2. The van der Waals surface area contributed by atoms with Crippen LogP contribution in [0, 0.1) is 13.8 Å². The molecule has 2 atom stereocenters. The molecule has 1 unspecified atom stereocenters. The van der Waals surface area contributed by atoms with Gasteiger partial charge >= 0.3 is 12.1 Å². The summed E-state index contributed by atoms with van der Waals surface area (Å²) in [5.74, 6) is 0.190. The van der Waals surface area contributed by atoms with Crippen LogP contribution in [0.5, 0.6) is 0 Å². The van der Waals surface area contributed by atoms with Gasteiger partial charge in [0.2, 0.25) is 0 Å². The first-order valence-corrected chi connectivity index (χ1v) is 12.9. The minimum atomic E-state index is -0.761. The number of carbonyl (C=O) groups excluding carboxylic acids is 3. The predicted molar refractivity (Wildman–Crippen MR) is 142 cm³/mol. The zero-order valence-electron chi connectivity index (χ0n) is 21.7. The fourth-order valence-corrected chi connectivity index (χ4v) is 5.88. The van der Waals surface area contributed by atoms with E-state index in [2.05, 4.69) is 4.98 Å². The van der Waals surface area contributed by atoms with Crippen LogP contribution < -0.4 is 0 Å². The maximum absolute atomic E-state index is 14.2. The molecule has 190 valence electrons. The van der Waals surface area contributed by atoms with Crippen LogP contribution in [0.1, 0.15) is 53.3 Å². The molecule has 0 radical (unpaired) electrons. The van der Waals surface area contributed by atoms with Crippen molar-refractivity contribution in [2.24, 2.45) is 0 Å². The lowest BCUT2D eigenvalue weighted by Crippen LogP contribution is -2.45. The van der Waals surface area contributed by atoms with Gasteiger partial charge in [-0.15, -0.1) is 11.8 Å². The standard InChI is InChI=1S/C27H32N4O4S/c1-16-10-11-20-19(13-16)22(17(2)30(20)25(33)29(6)7)23(32)21-15-36-24(18-9-8-12-28-14-18)31(21)26(34)35-27(3,4)5/h8-14,21,24H,15H2,1-7H3/t21-,24?/m0/s1. The average Bonchev–Trinajstić information content (AvgIpc) is 3.36. The molecule has 9 heteroatoms. The van der Waals surface area contributed by atoms with E-state index in [1.807, 2.05) is 37.3 Å². The number of hydrogen-bond donors (Lipinski definition) is 0. The predicted octanol–water partition coefficient (Wildman–Crippen LogP) is 5.42. The molecule has 0 bridgehead atoms. The molecular weight excluding hydrogens is 476 g/mol. The zero-order chi connectivity index (χ0) is 26.4. The third-order valence-electron chi connectivity index (χ3n) is 6.06. The third kappa shape index (κ3) is 4.72. The van der Waals surface area contributed by atoms with Crippen molar-refractivity contribution in [3.05, 3.63) is 65.1 Å². The quantitative estimate of drug-likeness (QED) is 0.440. The van der Waals surface area contributed by atoms with E-state index < -0.39 is 23.1 Å². The molecule has 2 amide bonds. The molecule has 1 aliphatic heterocycles. The molecule has 1 aliphatic rings. The van der Waals surface area contributed by atoms with Crippen molar-refractivity contribution in [1.29, 1.82) is 0 Å². The van der Waals surface area contributed by atoms with Gasteiger partial charge in [0.1, 0.15) is 17.0 Å². The maximum Gasteiger partial charge on any atom is 0.412 e. The number of pyridine rings is 1. The number of ether oxygens (including phenoxy) is 1. The molecule has 2 aromatic heterocycles. The van der Waals surface area contributed by atoms with Crippen molar-refractivity contribution in [3.8, 4) is 0 Å². The summed E-state index contributed by atoms with van der Waals surface area (Å²) >= 11 is 1.50. The number of carbonyl (C=O) groups is 3. The van der Waals surface area contributed by atoms with Crippen molar-refractivity contribution in [1.82, 2.24) is 19.4 Å². The Kier molecular flexibility index (Phi) is 6.88. The van der Waals surface area contributed by atoms with E-state index in [1.165, 1.54) is 21.6 Å². The van der Waals surface area contributed by atoms with Crippen molar-refractivity contribution < 1.29 is 19.1 Å². The summed E-state index contributed by atoms with van der Waals surface area (Å²) in [6, 6.07) is 8.42. The highest BCUT2D eigenvalue weighted by molar-refractivity contribution is 7.99. The van der Waals surface area contributed by atoms with Gasteiger partial charge in [-0.2, -0.15) is 0 Å². The van der Waals surface area contributed by atoms with E-state index >= 15 is 0 Å². The molecule has 1 saturated heterocycles. The number of Topliss-reactive ketones (excluding diaryl/α,β-unsaturated/α-hetero) is 1. The Hall–Kier alpha value is -3.33. The minimum Gasteiger partial charge on any atom is -0.444 e. The maximum atomic E-state index is 14.2. The summed E-state index contributed by atoms with van der Waals surface area (Å²) in [7, 11) is 3.36. The first-order valence-electron chi connectivity index (χ1n) is 11.8. The van der Waals surface area contributed by atoms with Crippen LogP contribution in [0.4, 0.5) is 9.59 Å². The number of ketones is 1. The molecule has 1 aromatic carbocycles. The Balaban J connectivity index is 1.84. The molecule has 0 N–H and O–H groups in total. The Morgan fingerprint density at radius 2 is 1.86 bits per heavy atom. The van der Waals surface area contributed by atoms with Gasteiger partial charge in [-0.05, 0) is 52.8 Å². The summed E-state index contributed by atoms with van der Waals surface area (Å²) in [4.78, 5) is 48.0. The molecule has 0 spiro atoms. The van der Waals surface area contributed by atoms with Crippen molar-refractivity contribution >= 4 is 40.6 Å². The van der Waals surface area contributed by atoms with Crippen LogP contribution in [0.15, 0.2) is 42.7 Å². The SMILES string of the molecule is Cc1ccc2c(c1)c(C(=O)[C@@H]1CSC(c3cccnc3)N1C(=O)OC(C)(C)C)c(C)n2C(=O)N(C)C. The molecule has 3 heterocycles. The van der Waals surface area contributed by atoms with Crippen LogP contribution in [-0.2, 0) is 4.74 Å². The number of fused-ring (bicyclic) bond motifs is 1. The highest BCUT2D eigenvalue weighted by Crippen LogP contribution is 2.43. The van der Waals surface area contributed by atoms with Gasteiger partial charge in [-0.25, -0.2) is 9.59 Å². The van der Waals surface area contributed by atoms with Gasteiger partial charge in [-0.1, -0.05) is 17.7 Å². The highest BCUT2D eigenvalue weighted by atomic mass is 32.2. The molecule has 1 fully saturated rings. The van der Waals surface area contributed by atoms with Gasteiger partial charge in [-0.3, -0.25) is 19.2 Å². The molecule has 3 aromatic rings. The second-order valence-electron chi connectivity index (χ2n) is 10.2. The van der Waals surface area contributed by atoms with E-state index in [1.54, 1.807) is 58.8 Å². The molecule has 0 saturated carbocycles. The topological polar surface area (TPSA) is 84.7 Å². The fourth-order valence-electron chi connectivity index (χ4n) is 4.48. The van der Waals surface area contributed by atoms with Crippen LogP contribution >= 0.6 is 11.8 Å². The minimum absolute atomic E-state index is 0.210. The molecule has 36 heavy (non-hydrogen) atoms. The number of nitrogens with zero attached hydrogens (tertiary/aromatic N) is 4. The number of benzene rings is 1. The largest absolute Gasteiger partial charge is 0.444 e. The van der Waals surface area contributed by atoms with E-state index in [4.69, 9.17) is 4.74 Å². The summed E-state index contributed by atoms with van der Waals surface area (Å²) in [5, 5.41) is 0.285. The number of aromatic nitrogens is 2. The fraction of sp³-hybridized carbons (Fsp3) is 0.407. The van der Waals surface area contributed by atoms with Gasteiger partial charge in [0.25, 0.3) is 0 Å². The summed E-state index contributed by atoms with van der Waals surface area (Å²) in [5.41, 5.74) is 2.75. The Morgan fingerprint density at radius 3 is 2.47 bits per heavy atom. The molecular formula is C27H32N4O4S. The van der Waals surface area contributed by atoms with Gasteiger partial charge in [0, 0.05) is 54.4 Å². The van der Waals surface area contributed by atoms with Gasteiger partial charge in [0.05, 0.1) is 5.52 Å². The van der Waals surface area contributed by atoms with E-state index in [0.29, 0.717) is 27.9 Å². The van der Waals surface area contributed by atoms with Crippen LogP contribution in [-0.4, -0.2) is 68.7 Å². The number of rotatable bonds is 3. The van der Waals surface area contributed by atoms with Crippen LogP contribution in [0.2, 0.25) is 0 Å². The Morgan fingerprint density at radius 1 is 1.14 bits per heavy atom. The lowest BCUT2D eigenvalue weighted by atomic mass is 9.99. The zero-order valence-corrected chi connectivity index (χ0v) is 22.5. The number of thioether (sulfide) groups is 1. The first kappa shape index (κ1) is 25.8. The van der Waals surface area contributed by atoms with Crippen LogP contribution in [0.3, 0.4) is 0 Å². The van der Waals surface area contributed by atoms with Crippen molar-refractivity contribution in [2.45, 2.75) is 51.6 Å². The summed E-state index contributed by atoms with van der Waals surface area (Å²) < 4.78 is 7.31. The molecule has 0 aliphatic carbocycles. The van der Waals surface area contributed by atoms with Crippen LogP contribution in [0.25, 0.3) is 10.9 Å². The van der Waals surface area contributed by atoms with E-state index in [0.717, 1.165) is 11.1 Å². The summed E-state index contributed by atoms with van der Waals surface area (Å²) in [6.07, 6.45) is 2.82. The Labute approximate surface area is 215 Å². The van der Waals surface area contributed by atoms with E-state index in [9.17, 15) is 14.4 Å². The summed E-state index contributed by atoms with van der Waals surface area (Å²) in [6.45, 7) is 9.14. The average molecular weight is 509 g/mol. The van der Waals surface area contributed by atoms with Crippen molar-refractivity contribution in [2.75, 3.05) is 19.8 Å². The lowest BCUT2D eigenvalue weighted by Gasteiger charge is -2.31. The number of aryl methyl sites for hydroxylation is 1. The molecule has 8 nitrogen and oxygen atoms in total. The Bertz CT molecular complexity index is 1330. The normalized spacial score (nSPS) is 17.9. The second kappa shape index (κ2) is 9.61. The third-order valence-corrected chi connectivity index (χ3v) is 7.38. The molecule has 4 rings (SSSR count). The smallest absolute Gasteiger partial charge is 0.412 e. The second-order valence-corrected chi connectivity index (χ2v) is 11.3. The lowest BCUT2D eigenvalue weighted by molar-refractivity contribution is 0.0172. The van der Waals surface area contributed by atoms with Gasteiger partial charge < -0.3 is 9.64 Å². The monoisotopic (exact) mass is 508 g/mol.